The smallest absolute Gasteiger partial charge is 0.325 e. The summed E-state index contributed by atoms with van der Waals surface area (Å²) >= 11 is 0. The zero-order valence-corrected chi connectivity index (χ0v) is 19.0. The SMILES string of the molecule is Cc1ccc(S(=O)(=O)N2CC(O)CC2C(=O)OCC(=O)NC2CCCCCC2)cc1C. The van der Waals surface area contributed by atoms with Crippen molar-refractivity contribution in [3.63, 3.8) is 0 Å². The molecule has 2 atom stereocenters. The molecule has 1 aliphatic heterocycles. The summed E-state index contributed by atoms with van der Waals surface area (Å²) in [6, 6.07) is 3.68. The topological polar surface area (TPSA) is 113 Å². The first-order chi connectivity index (χ1) is 14.7. The minimum absolute atomic E-state index is 0.0624. The number of hydrogen-bond donors (Lipinski definition) is 2. The Morgan fingerprint density at radius 2 is 1.81 bits per heavy atom. The number of amides is 1. The fraction of sp³-hybridized carbons (Fsp3) is 0.636. The lowest BCUT2D eigenvalue weighted by Crippen LogP contribution is -2.43. The molecule has 2 N–H and O–H groups in total. The summed E-state index contributed by atoms with van der Waals surface area (Å²) in [5, 5.41) is 13.0. The van der Waals surface area contributed by atoms with Crippen molar-refractivity contribution in [2.75, 3.05) is 13.2 Å². The van der Waals surface area contributed by atoms with Crippen LogP contribution in [0.15, 0.2) is 23.1 Å². The molecular weight excluding hydrogens is 420 g/mol. The van der Waals surface area contributed by atoms with Crippen molar-refractivity contribution in [1.29, 1.82) is 0 Å². The van der Waals surface area contributed by atoms with Crippen molar-refractivity contribution in [3.05, 3.63) is 29.3 Å². The predicted molar refractivity (Wildman–Crippen MR) is 115 cm³/mol. The van der Waals surface area contributed by atoms with E-state index in [4.69, 9.17) is 4.74 Å². The highest BCUT2D eigenvalue weighted by molar-refractivity contribution is 7.89. The van der Waals surface area contributed by atoms with Crippen molar-refractivity contribution < 1.29 is 27.9 Å². The Morgan fingerprint density at radius 3 is 2.45 bits per heavy atom. The third-order valence-electron chi connectivity index (χ3n) is 6.16. The van der Waals surface area contributed by atoms with E-state index >= 15 is 0 Å². The van der Waals surface area contributed by atoms with Crippen molar-refractivity contribution in [2.45, 2.75) is 81.9 Å². The fourth-order valence-corrected chi connectivity index (χ4v) is 5.91. The average Bonchev–Trinajstić information content (AvgIpc) is 2.95. The molecule has 2 unspecified atom stereocenters. The van der Waals surface area contributed by atoms with Crippen LogP contribution < -0.4 is 5.32 Å². The molecule has 1 amide bonds. The number of ether oxygens (including phenoxy) is 1. The molecule has 8 nitrogen and oxygen atoms in total. The number of nitrogens with one attached hydrogen (secondary N) is 1. The van der Waals surface area contributed by atoms with E-state index in [0.29, 0.717) is 0 Å². The van der Waals surface area contributed by atoms with Crippen LogP contribution in [0.2, 0.25) is 0 Å². The minimum Gasteiger partial charge on any atom is -0.454 e. The zero-order chi connectivity index (χ0) is 22.6. The first-order valence-corrected chi connectivity index (χ1v) is 12.4. The van der Waals surface area contributed by atoms with Gasteiger partial charge in [-0.05, 0) is 49.9 Å². The van der Waals surface area contributed by atoms with Gasteiger partial charge in [-0.1, -0.05) is 31.7 Å². The Bertz CT molecular complexity index is 909. The third kappa shape index (κ3) is 5.84. The van der Waals surface area contributed by atoms with Gasteiger partial charge in [0.15, 0.2) is 6.61 Å². The number of hydrogen-bond acceptors (Lipinski definition) is 6. The number of β-amino-alcohol motifs (C(OH)–C–C–N with tert-alkyl or cyclic N) is 1. The quantitative estimate of drug-likeness (QED) is 0.503. The van der Waals surface area contributed by atoms with E-state index in [1.807, 2.05) is 13.8 Å². The number of aliphatic hydroxyl groups excluding tert-OH is 1. The third-order valence-corrected chi connectivity index (χ3v) is 8.03. The Labute approximate surface area is 184 Å². The summed E-state index contributed by atoms with van der Waals surface area (Å²) in [5.74, 6) is -1.21. The highest BCUT2D eigenvalue weighted by Crippen LogP contribution is 2.28. The van der Waals surface area contributed by atoms with Crippen LogP contribution in [-0.2, 0) is 24.3 Å². The zero-order valence-electron chi connectivity index (χ0n) is 18.2. The first-order valence-electron chi connectivity index (χ1n) is 10.9. The van der Waals surface area contributed by atoms with E-state index in [1.54, 1.807) is 12.1 Å². The van der Waals surface area contributed by atoms with Gasteiger partial charge in [0.1, 0.15) is 6.04 Å². The summed E-state index contributed by atoms with van der Waals surface area (Å²) in [6.07, 6.45) is 5.25. The van der Waals surface area contributed by atoms with Crippen LogP contribution in [0.1, 0.15) is 56.1 Å². The molecule has 1 aromatic rings. The number of esters is 1. The van der Waals surface area contributed by atoms with Crippen LogP contribution in [0.25, 0.3) is 0 Å². The van der Waals surface area contributed by atoms with Gasteiger partial charge in [0, 0.05) is 19.0 Å². The van der Waals surface area contributed by atoms with E-state index in [9.17, 15) is 23.1 Å². The van der Waals surface area contributed by atoms with E-state index in [-0.39, 0.29) is 29.8 Å². The molecule has 1 saturated heterocycles. The molecule has 0 bridgehead atoms. The molecular formula is C22H32N2O6S. The van der Waals surface area contributed by atoms with E-state index in [1.165, 1.54) is 6.07 Å². The van der Waals surface area contributed by atoms with E-state index in [2.05, 4.69) is 5.32 Å². The van der Waals surface area contributed by atoms with Crippen LogP contribution in [0.5, 0.6) is 0 Å². The van der Waals surface area contributed by atoms with Gasteiger partial charge in [0.2, 0.25) is 10.0 Å². The lowest BCUT2D eigenvalue weighted by atomic mass is 10.1. The number of carbonyl (C=O) groups excluding carboxylic acids is 2. The molecule has 1 saturated carbocycles. The molecule has 172 valence electrons. The molecule has 0 aromatic heterocycles. The average molecular weight is 453 g/mol. The Balaban J connectivity index is 1.63. The molecule has 0 radical (unpaired) electrons. The van der Waals surface area contributed by atoms with Crippen LogP contribution in [0.4, 0.5) is 0 Å². The predicted octanol–water partition coefficient (Wildman–Crippen LogP) is 1.81. The van der Waals surface area contributed by atoms with Gasteiger partial charge in [0.25, 0.3) is 5.91 Å². The molecule has 3 rings (SSSR count). The standard InChI is InChI=1S/C22H32N2O6S/c1-15-9-10-19(11-16(15)2)31(28,29)24-13-18(25)12-20(24)22(27)30-14-21(26)23-17-7-5-3-4-6-8-17/h9-11,17-18,20,25H,3-8,12-14H2,1-2H3,(H,23,26). The van der Waals surface area contributed by atoms with Gasteiger partial charge in [-0.25, -0.2) is 8.42 Å². The molecule has 2 aliphatic rings. The summed E-state index contributed by atoms with van der Waals surface area (Å²) < 4.78 is 32.4. The highest BCUT2D eigenvalue weighted by Gasteiger charge is 2.44. The maximum atomic E-state index is 13.1. The van der Waals surface area contributed by atoms with Gasteiger partial charge >= 0.3 is 5.97 Å². The van der Waals surface area contributed by atoms with Crippen molar-refractivity contribution in [1.82, 2.24) is 9.62 Å². The normalized spacial score (nSPS) is 23.3. The molecule has 1 heterocycles. The number of sulfonamides is 1. The molecule has 1 aromatic carbocycles. The molecule has 1 aliphatic carbocycles. The Hall–Kier alpha value is -1.97. The van der Waals surface area contributed by atoms with Crippen LogP contribution >= 0.6 is 0 Å². The van der Waals surface area contributed by atoms with Crippen molar-refractivity contribution in [3.8, 4) is 0 Å². The van der Waals surface area contributed by atoms with Gasteiger partial charge < -0.3 is 15.2 Å². The summed E-state index contributed by atoms with van der Waals surface area (Å²) in [5.41, 5.74) is 1.77. The second-order valence-corrected chi connectivity index (χ2v) is 10.5. The van der Waals surface area contributed by atoms with E-state index < -0.39 is 34.7 Å². The van der Waals surface area contributed by atoms with Crippen LogP contribution in [0.3, 0.4) is 0 Å². The van der Waals surface area contributed by atoms with Crippen molar-refractivity contribution >= 4 is 21.9 Å². The summed E-state index contributed by atoms with van der Waals surface area (Å²) in [4.78, 5) is 24.9. The highest BCUT2D eigenvalue weighted by atomic mass is 32.2. The summed E-state index contributed by atoms with van der Waals surface area (Å²) in [6.45, 7) is 3.04. The summed E-state index contributed by atoms with van der Waals surface area (Å²) in [7, 11) is -4.00. The largest absolute Gasteiger partial charge is 0.454 e. The minimum atomic E-state index is -4.00. The Morgan fingerprint density at radius 1 is 1.13 bits per heavy atom. The van der Waals surface area contributed by atoms with Crippen molar-refractivity contribution in [2.24, 2.45) is 0 Å². The van der Waals surface area contributed by atoms with Crippen LogP contribution in [0, 0.1) is 13.8 Å². The molecule has 31 heavy (non-hydrogen) atoms. The first kappa shape index (κ1) is 23.7. The number of benzene rings is 1. The Kier molecular flexibility index (Phi) is 7.72. The molecule has 9 heteroatoms. The van der Waals surface area contributed by atoms with Crippen LogP contribution in [-0.4, -0.2) is 61.0 Å². The number of aliphatic hydroxyl groups is 1. The van der Waals surface area contributed by atoms with Gasteiger partial charge in [0.05, 0.1) is 11.0 Å². The maximum absolute atomic E-state index is 13.1. The number of nitrogens with zero attached hydrogens (tertiary/aromatic N) is 1. The van der Waals surface area contributed by atoms with E-state index in [0.717, 1.165) is 54.0 Å². The molecule has 2 fully saturated rings. The van der Waals surface area contributed by atoms with Gasteiger partial charge in [-0.2, -0.15) is 4.31 Å². The number of aryl methyl sites for hydroxylation is 2. The lowest BCUT2D eigenvalue weighted by Gasteiger charge is -2.23. The lowest BCUT2D eigenvalue weighted by molar-refractivity contribution is -0.152. The van der Waals surface area contributed by atoms with Gasteiger partial charge in [-0.3, -0.25) is 9.59 Å². The second-order valence-electron chi connectivity index (χ2n) is 8.59. The number of carbonyl (C=O) groups is 2. The number of rotatable bonds is 6. The fourth-order valence-electron chi connectivity index (χ4n) is 4.20. The monoisotopic (exact) mass is 452 g/mol. The maximum Gasteiger partial charge on any atom is 0.325 e. The molecule has 0 spiro atoms. The van der Waals surface area contributed by atoms with Gasteiger partial charge in [-0.15, -0.1) is 0 Å². The second kappa shape index (κ2) is 10.1.